The van der Waals surface area contributed by atoms with E-state index >= 15 is 0 Å². The molecule has 2 heteroatoms. The summed E-state index contributed by atoms with van der Waals surface area (Å²) in [6.07, 6.45) is 5.09. The van der Waals surface area contributed by atoms with Gasteiger partial charge in [0.25, 0.3) is 0 Å². The molecule has 0 N–H and O–H groups in total. The Balaban J connectivity index is 1.93. The standard InChI is InChI=1S/C23H29NO/c1-2-15-23(20-11-5-3-6-12-20,21-13-7-4-8-14-21)18-22(25)19-24-16-9-10-17-24/h3-8,11-14H,2,9-10,15-19H2,1H3. The van der Waals surface area contributed by atoms with E-state index in [0.29, 0.717) is 18.7 Å². The average Bonchev–Trinajstić information content (AvgIpc) is 3.15. The second kappa shape index (κ2) is 8.44. The zero-order chi connectivity index (χ0) is 17.5. The highest BCUT2D eigenvalue weighted by Crippen LogP contribution is 2.40. The van der Waals surface area contributed by atoms with Crippen LogP contribution in [0.5, 0.6) is 0 Å². The normalized spacial score (nSPS) is 15.4. The van der Waals surface area contributed by atoms with Gasteiger partial charge in [0.15, 0.2) is 0 Å². The summed E-state index contributed by atoms with van der Waals surface area (Å²) in [4.78, 5) is 15.3. The van der Waals surface area contributed by atoms with Crippen LogP contribution in [-0.4, -0.2) is 30.3 Å². The lowest BCUT2D eigenvalue weighted by atomic mass is 9.68. The van der Waals surface area contributed by atoms with Gasteiger partial charge in [-0.1, -0.05) is 74.0 Å². The van der Waals surface area contributed by atoms with E-state index in [1.807, 2.05) is 0 Å². The lowest BCUT2D eigenvalue weighted by Crippen LogP contribution is -2.35. The molecule has 132 valence electrons. The predicted molar refractivity (Wildman–Crippen MR) is 104 cm³/mol. The number of carbonyl (C=O) groups is 1. The van der Waals surface area contributed by atoms with Gasteiger partial charge >= 0.3 is 0 Å². The zero-order valence-electron chi connectivity index (χ0n) is 15.3. The molecule has 2 nitrogen and oxygen atoms in total. The van der Waals surface area contributed by atoms with Crippen LogP contribution in [-0.2, 0) is 10.2 Å². The predicted octanol–water partition coefficient (Wildman–Crippen LogP) is 4.83. The van der Waals surface area contributed by atoms with Crippen molar-refractivity contribution < 1.29 is 4.79 Å². The van der Waals surface area contributed by atoms with E-state index in [-0.39, 0.29) is 5.41 Å². The number of nitrogens with zero attached hydrogens (tertiary/aromatic N) is 1. The fraction of sp³-hybridized carbons (Fsp3) is 0.435. The minimum Gasteiger partial charge on any atom is -0.298 e. The van der Waals surface area contributed by atoms with Crippen molar-refractivity contribution in [3.05, 3.63) is 71.8 Å². The monoisotopic (exact) mass is 335 g/mol. The summed E-state index contributed by atoms with van der Waals surface area (Å²) in [6.45, 7) is 4.96. The van der Waals surface area contributed by atoms with Gasteiger partial charge in [-0.05, 0) is 43.5 Å². The van der Waals surface area contributed by atoms with Crippen LogP contribution in [0.2, 0.25) is 0 Å². The van der Waals surface area contributed by atoms with E-state index in [1.54, 1.807) is 0 Å². The van der Waals surface area contributed by atoms with E-state index in [1.165, 1.54) is 24.0 Å². The van der Waals surface area contributed by atoms with Crippen LogP contribution in [0.25, 0.3) is 0 Å². The Kier molecular flexibility index (Phi) is 6.04. The average molecular weight is 335 g/mol. The molecule has 0 atom stereocenters. The molecule has 2 aromatic rings. The summed E-state index contributed by atoms with van der Waals surface area (Å²) < 4.78 is 0. The summed E-state index contributed by atoms with van der Waals surface area (Å²) in [5.41, 5.74) is 2.31. The Morgan fingerprint density at radius 1 is 0.920 bits per heavy atom. The number of Topliss-reactive ketones (excluding diaryl/α,β-unsaturated/α-hetero) is 1. The highest BCUT2D eigenvalue weighted by atomic mass is 16.1. The smallest absolute Gasteiger partial charge is 0.148 e. The Hall–Kier alpha value is -1.93. The van der Waals surface area contributed by atoms with Crippen LogP contribution in [0.15, 0.2) is 60.7 Å². The van der Waals surface area contributed by atoms with Gasteiger partial charge < -0.3 is 0 Å². The van der Waals surface area contributed by atoms with E-state index < -0.39 is 0 Å². The van der Waals surface area contributed by atoms with Crippen molar-refractivity contribution in [2.45, 2.75) is 44.4 Å². The molecule has 0 aliphatic carbocycles. The largest absolute Gasteiger partial charge is 0.298 e. The van der Waals surface area contributed by atoms with Gasteiger partial charge in [-0.3, -0.25) is 9.69 Å². The highest BCUT2D eigenvalue weighted by Gasteiger charge is 2.36. The SMILES string of the molecule is CCCC(CC(=O)CN1CCCC1)(c1ccccc1)c1ccccc1. The van der Waals surface area contributed by atoms with Crippen molar-refractivity contribution in [1.82, 2.24) is 4.90 Å². The number of benzene rings is 2. The molecule has 3 rings (SSSR count). The van der Waals surface area contributed by atoms with Gasteiger partial charge in [-0.2, -0.15) is 0 Å². The molecule has 1 heterocycles. The van der Waals surface area contributed by atoms with E-state index in [4.69, 9.17) is 0 Å². The molecule has 0 radical (unpaired) electrons. The first-order chi connectivity index (χ1) is 12.2. The second-order valence-electron chi connectivity index (χ2n) is 7.26. The van der Waals surface area contributed by atoms with Gasteiger partial charge in [0.2, 0.25) is 0 Å². The molecule has 0 bridgehead atoms. The van der Waals surface area contributed by atoms with E-state index in [2.05, 4.69) is 72.5 Å². The number of likely N-dealkylation sites (tertiary alicyclic amines) is 1. The van der Waals surface area contributed by atoms with Gasteiger partial charge in [0.1, 0.15) is 5.78 Å². The Bertz CT molecular complexity index is 620. The third-order valence-electron chi connectivity index (χ3n) is 5.43. The summed E-state index contributed by atoms with van der Waals surface area (Å²) >= 11 is 0. The van der Waals surface area contributed by atoms with Crippen LogP contribution in [0, 0.1) is 0 Å². The molecule has 0 saturated carbocycles. The Morgan fingerprint density at radius 2 is 1.44 bits per heavy atom. The third kappa shape index (κ3) is 4.19. The van der Waals surface area contributed by atoms with Crippen molar-refractivity contribution >= 4 is 5.78 Å². The first kappa shape index (κ1) is 17.9. The fourth-order valence-electron chi connectivity index (χ4n) is 4.27. The third-order valence-corrected chi connectivity index (χ3v) is 5.43. The molecule has 1 saturated heterocycles. The van der Waals surface area contributed by atoms with Crippen molar-refractivity contribution in [3.63, 3.8) is 0 Å². The second-order valence-corrected chi connectivity index (χ2v) is 7.26. The molecule has 1 aliphatic heterocycles. The molecule has 0 spiro atoms. The molecule has 1 aliphatic rings. The zero-order valence-corrected chi connectivity index (χ0v) is 15.3. The first-order valence-electron chi connectivity index (χ1n) is 9.60. The Labute approximate surface area is 151 Å². The molecule has 0 aromatic heterocycles. The minimum atomic E-state index is -0.214. The highest BCUT2D eigenvalue weighted by molar-refractivity contribution is 5.82. The van der Waals surface area contributed by atoms with E-state index in [0.717, 1.165) is 25.9 Å². The maximum absolute atomic E-state index is 13.0. The molecular formula is C23H29NO. The maximum atomic E-state index is 13.0. The lowest BCUT2D eigenvalue weighted by Gasteiger charge is -2.35. The van der Waals surface area contributed by atoms with E-state index in [9.17, 15) is 4.79 Å². The Morgan fingerprint density at radius 3 is 1.92 bits per heavy atom. The summed E-state index contributed by atoms with van der Waals surface area (Å²) in [6, 6.07) is 21.2. The van der Waals surface area contributed by atoms with Crippen molar-refractivity contribution in [2.75, 3.05) is 19.6 Å². The summed E-state index contributed by atoms with van der Waals surface area (Å²) in [7, 11) is 0. The van der Waals surface area contributed by atoms with Gasteiger partial charge in [0, 0.05) is 11.8 Å². The lowest BCUT2D eigenvalue weighted by molar-refractivity contribution is -0.121. The number of carbonyl (C=O) groups excluding carboxylic acids is 1. The molecule has 2 aromatic carbocycles. The first-order valence-corrected chi connectivity index (χ1v) is 9.60. The molecule has 25 heavy (non-hydrogen) atoms. The number of ketones is 1. The van der Waals surface area contributed by atoms with Gasteiger partial charge in [-0.25, -0.2) is 0 Å². The molecule has 0 amide bonds. The summed E-state index contributed by atoms with van der Waals surface area (Å²) in [5.74, 6) is 0.364. The van der Waals surface area contributed by atoms with Gasteiger partial charge in [-0.15, -0.1) is 0 Å². The topological polar surface area (TPSA) is 20.3 Å². The molecule has 0 unspecified atom stereocenters. The van der Waals surface area contributed by atoms with Gasteiger partial charge in [0.05, 0.1) is 6.54 Å². The molecular weight excluding hydrogens is 306 g/mol. The van der Waals surface area contributed by atoms with Crippen LogP contribution in [0.4, 0.5) is 0 Å². The van der Waals surface area contributed by atoms with Crippen LogP contribution >= 0.6 is 0 Å². The fourth-order valence-corrected chi connectivity index (χ4v) is 4.27. The van der Waals surface area contributed by atoms with Crippen molar-refractivity contribution in [1.29, 1.82) is 0 Å². The van der Waals surface area contributed by atoms with Crippen molar-refractivity contribution in [2.24, 2.45) is 0 Å². The quantitative estimate of drug-likeness (QED) is 0.689. The minimum absolute atomic E-state index is 0.214. The van der Waals surface area contributed by atoms with Crippen molar-refractivity contribution in [3.8, 4) is 0 Å². The summed E-state index contributed by atoms with van der Waals surface area (Å²) in [5, 5.41) is 0. The molecule has 1 fully saturated rings. The number of rotatable bonds is 8. The number of hydrogen-bond acceptors (Lipinski definition) is 2. The number of hydrogen-bond donors (Lipinski definition) is 0. The van der Waals surface area contributed by atoms with Crippen LogP contribution < -0.4 is 0 Å². The van der Waals surface area contributed by atoms with Crippen LogP contribution in [0.1, 0.15) is 50.2 Å². The van der Waals surface area contributed by atoms with Crippen LogP contribution in [0.3, 0.4) is 0 Å². The maximum Gasteiger partial charge on any atom is 0.148 e.